The van der Waals surface area contributed by atoms with Crippen LogP contribution in [0.1, 0.15) is 45.3 Å². The minimum absolute atomic E-state index is 0.203. The van der Waals surface area contributed by atoms with Gasteiger partial charge in [-0.25, -0.2) is 0 Å². The summed E-state index contributed by atoms with van der Waals surface area (Å²) < 4.78 is 13.7. The Bertz CT molecular complexity index is 431. The van der Waals surface area contributed by atoms with Gasteiger partial charge in [-0.2, -0.15) is 5.10 Å². The summed E-state index contributed by atoms with van der Waals surface area (Å²) in [6, 6.07) is 2.10. The molecule has 5 nitrogen and oxygen atoms in total. The number of hydrogen-bond acceptors (Lipinski definition) is 3. The molecule has 1 aromatic heterocycles. The zero-order valence-corrected chi connectivity index (χ0v) is 11.8. The van der Waals surface area contributed by atoms with Gasteiger partial charge in [-0.05, 0) is 25.8 Å². The molecule has 3 atom stereocenters. The summed E-state index contributed by atoms with van der Waals surface area (Å²) in [4.78, 5) is 10.9. The highest BCUT2D eigenvalue weighted by Gasteiger charge is 2.23. The molecule has 0 amide bonds. The molecule has 0 saturated heterocycles. The summed E-state index contributed by atoms with van der Waals surface area (Å²) in [7, 11) is -1.42. The fraction of sp³-hybridized carbons (Fsp3) is 0.667. The third kappa shape index (κ3) is 3.66. The van der Waals surface area contributed by atoms with Gasteiger partial charge in [0.15, 0.2) is 0 Å². The Morgan fingerprint density at radius 1 is 1.50 bits per heavy atom. The van der Waals surface area contributed by atoms with Gasteiger partial charge >= 0.3 is 5.97 Å². The van der Waals surface area contributed by atoms with E-state index in [0.29, 0.717) is 18.2 Å². The van der Waals surface area contributed by atoms with Gasteiger partial charge in [-0.15, -0.1) is 0 Å². The molecule has 0 aliphatic carbocycles. The Balaban J connectivity index is 2.70. The number of aliphatic carboxylic acids is 1. The van der Waals surface area contributed by atoms with Crippen molar-refractivity contribution in [3.63, 3.8) is 0 Å². The number of aromatic nitrogens is 2. The summed E-state index contributed by atoms with van der Waals surface area (Å²) in [5, 5.41) is 12.5. The van der Waals surface area contributed by atoms with Crippen LogP contribution in [0.5, 0.6) is 0 Å². The van der Waals surface area contributed by atoms with Gasteiger partial charge in [-0.1, -0.05) is 13.8 Å². The summed E-state index contributed by atoms with van der Waals surface area (Å²) in [6.07, 6.45) is 3.19. The Kier molecular flexibility index (Phi) is 5.53. The monoisotopic (exact) mass is 272 g/mol. The van der Waals surface area contributed by atoms with E-state index in [2.05, 4.69) is 18.9 Å². The zero-order chi connectivity index (χ0) is 13.7. The molecule has 0 spiro atoms. The normalized spacial score (nSPS) is 16.2. The lowest BCUT2D eigenvalue weighted by atomic mass is 10.3. The van der Waals surface area contributed by atoms with Crippen molar-refractivity contribution in [2.45, 2.75) is 50.7 Å². The summed E-state index contributed by atoms with van der Waals surface area (Å²) in [5.41, 5.74) is 0.688. The molecule has 0 aliphatic rings. The van der Waals surface area contributed by atoms with Gasteiger partial charge in [0, 0.05) is 23.0 Å². The van der Waals surface area contributed by atoms with Gasteiger partial charge in [-0.3, -0.25) is 13.7 Å². The number of carboxylic acid groups (broad SMARTS) is 1. The van der Waals surface area contributed by atoms with Crippen LogP contribution in [0.15, 0.2) is 12.3 Å². The third-order valence-corrected chi connectivity index (χ3v) is 4.71. The topological polar surface area (TPSA) is 72.2 Å². The molecule has 0 fully saturated rings. The molecular weight excluding hydrogens is 252 g/mol. The fourth-order valence-corrected chi connectivity index (χ4v) is 2.85. The van der Waals surface area contributed by atoms with E-state index in [4.69, 9.17) is 5.11 Å². The van der Waals surface area contributed by atoms with Crippen LogP contribution in [0.25, 0.3) is 0 Å². The average Bonchev–Trinajstić information content (AvgIpc) is 2.76. The lowest BCUT2D eigenvalue weighted by Crippen LogP contribution is -2.25. The van der Waals surface area contributed by atoms with Gasteiger partial charge in [0.2, 0.25) is 0 Å². The minimum Gasteiger partial charge on any atom is -0.480 e. The first kappa shape index (κ1) is 14.9. The van der Waals surface area contributed by atoms with E-state index in [1.165, 1.54) is 0 Å². The Hall–Kier alpha value is -1.17. The first-order chi connectivity index (χ1) is 8.49. The van der Waals surface area contributed by atoms with Crippen molar-refractivity contribution in [2.24, 2.45) is 0 Å². The van der Waals surface area contributed by atoms with Crippen LogP contribution >= 0.6 is 0 Å². The van der Waals surface area contributed by atoms with E-state index in [0.717, 1.165) is 6.42 Å². The lowest BCUT2D eigenvalue weighted by Gasteiger charge is -2.09. The van der Waals surface area contributed by atoms with Crippen molar-refractivity contribution in [3.8, 4) is 0 Å². The standard InChI is InChI=1S/C12H20N2O3S/c1-4-9(3)14-7-6-10(13-14)8-18(17)11(5-2)12(15)16/h6-7,9,11H,4-5,8H2,1-3H3,(H,15,16). The molecule has 0 radical (unpaired) electrons. The Labute approximate surface area is 110 Å². The zero-order valence-electron chi connectivity index (χ0n) is 11.0. The van der Waals surface area contributed by atoms with E-state index in [1.807, 2.05) is 10.9 Å². The Morgan fingerprint density at radius 3 is 2.67 bits per heavy atom. The lowest BCUT2D eigenvalue weighted by molar-refractivity contribution is -0.136. The van der Waals surface area contributed by atoms with Gasteiger partial charge < -0.3 is 5.11 Å². The second kappa shape index (κ2) is 6.68. The Morgan fingerprint density at radius 2 is 2.17 bits per heavy atom. The van der Waals surface area contributed by atoms with Crippen LogP contribution in [0.3, 0.4) is 0 Å². The van der Waals surface area contributed by atoms with Crippen LogP contribution in [-0.2, 0) is 21.3 Å². The molecule has 1 N–H and O–H groups in total. The molecule has 1 aromatic rings. The largest absolute Gasteiger partial charge is 0.480 e. The molecule has 1 heterocycles. The van der Waals surface area contributed by atoms with E-state index in [1.54, 1.807) is 13.0 Å². The first-order valence-corrected chi connectivity index (χ1v) is 7.51. The molecule has 0 saturated carbocycles. The van der Waals surface area contributed by atoms with E-state index >= 15 is 0 Å². The molecule has 102 valence electrons. The summed E-state index contributed by atoms with van der Waals surface area (Å²) in [5.74, 6) is -0.800. The fourth-order valence-electron chi connectivity index (χ4n) is 1.61. The van der Waals surface area contributed by atoms with Crippen molar-refractivity contribution in [1.82, 2.24) is 9.78 Å². The van der Waals surface area contributed by atoms with Crippen LogP contribution in [0.2, 0.25) is 0 Å². The van der Waals surface area contributed by atoms with Gasteiger partial charge in [0.1, 0.15) is 5.25 Å². The average molecular weight is 272 g/mol. The maximum absolute atomic E-state index is 11.9. The predicted molar refractivity (Wildman–Crippen MR) is 70.8 cm³/mol. The van der Waals surface area contributed by atoms with Crippen molar-refractivity contribution in [2.75, 3.05) is 0 Å². The maximum atomic E-state index is 11.9. The van der Waals surface area contributed by atoms with E-state index < -0.39 is 22.0 Å². The van der Waals surface area contributed by atoms with Crippen LogP contribution in [-0.4, -0.2) is 30.3 Å². The predicted octanol–water partition coefficient (Wildman–Crippen LogP) is 1.97. The highest BCUT2D eigenvalue weighted by atomic mass is 32.2. The molecule has 1 rings (SSSR count). The highest BCUT2D eigenvalue weighted by molar-refractivity contribution is 7.85. The van der Waals surface area contributed by atoms with Gasteiger partial charge in [0.05, 0.1) is 11.4 Å². The van der Waals surface area contributed by atoms with Crippen molar-refractivity contribution in [1.29, 1.82) is 0 Å². The second-order valence-corrected chi connectivity index (χ2v) is 5.92. The number of rotatable bonds is 7. The van der Waals surface area contributed by atoms with Crippen LogP contribution < -0.4 is 0 Å². The first-order valence-electron chi connectivity index (χ1n) is 6.13. The van der Waals surface area contributed by atoms with Crippen molar-refractivity contribution >= 4 is 16.8 Å². The SMILES string of the molecule is CCC(C)n1ccc(CS(=O)C(CC)C(=O)O)n1. The highest BCUT2D eigenvalue weighted by Crippen LogP contribution is 2.12. The quantitative estimate of drug-likeness (QED) is 0.823. The molecule has 6 heteroatoms. The summed E-state index contributed by atoms with van der Waals surface area (Å²) >= 11 is 0. The second-order valence-electron chi connectivity index (χ2n) is 4.30. The maximum Gasteiger partial charge on any atom is 0.319 e. The van der Waals surface area contributed by atoms with Crippen LogP contribution in [0, 0.1) is 0 Å². The van der Waals surface area contributed by atoms with E-state index in [-0.39, 0.29) is 5.75 Å². The molecule has 3 unspecified atom stereocenters. The third-order valence-electron chi connectivity index (χ3n) is 2.96. The van der Waals surface area contributed by atoms with Crippen molar-refractivity contribution < 1.29 is 14.1 Å². The molecule has 0 aromatic carbocycles. The van der Waals surface area contributed by atoms with E-state index in [9.17, 15) is 9.00 Å². The molecule has 0 aliphatic heterocycles. The number of carboxylic acids is 1. The van der Waals surface area contributed by atoms with Crippen LogP contribution in [0.4, 0.5) is 0 Å². The van der Waals surface area contributed by atoms with Crippen molar-refractivity contribution in [3.05, 3.63) is 18.0 Å². The number of carbonyl (C=O) groups is 1. The minimum atomic E-state index is -1.42. The number of nitrogens with zero attached hydrogens (tertiary/aromatic N) is 2. The summed E-state index contributed by atoms with van der Waals surface area (Å²) in [6.45, 7) is 5.86. The molecule has 0 bridgehead atoms. The smallest absolute Gasteiger partial charge is 0.319 e. The molecule has 18 heavy (non-hydrogen) atoms. The molecular formula is C12H20N2O3S. The number of hydrogen-bond donors (Lipinski definition) is 1. The van der Waals surface area contributed by atoms with Gasteiger partial charge in [0.25, 0.3) is 0 Å².